The third kappa shape index (κ3) is 1.93. The fourth-order valence-corrected chi connectivity index (χ4v) is 1.49. The van der Waals surface area contributed by atoms with Crippen LogP contribution in [0.2, 0.25) is 0 Å². The van der Waals surface area contributed by atoms with Crippen molar-refractivity contribution < 1.29 is 19.4 Å². The Balaban J connectivity index is 2.33. The Hall–Kier alpha value is -1.97. The molecular weight excluding hydrogens is 196 g/mol. The molecule has 0 bridgehead atoms. The fraction of sp³-hybridized carbons (Fsp3) is 0.182. The quantitative estimate of drug-likeness (QED) is 0.807. The number of carboxylic acids is 1. The summed E-state index contributed by atoms with van der Waals surface area (Å²) in [5.41, 5.74) is 1.23. The van der Waals surface area contributed by atoms with E-state index in [2.05, 4.69) is 0 Å². The Kier molecular flexibility index (Phi) is 2.33. The van der Waals surface area contributed by atoms with Crippen LogP contribution in [0.4, 0.5) is 0 Å². The van der Waals surface area contributed by atoms with Gasteiger partial charge in [-0.15, -0.1) is 0 Å². The lowest BCUT2D eigenvalue weighted by molar-refractivity contribution is -0.136. The van der Waals surface area contributed by atoms with Gasteiger partial charge in [-0.25, -0.2) is 0 Å². The molecule has 0 aliphatic carbocycles. The monoisotopic (exact) mass is 206 g/mol. The van der Waals surface area contributed by atoms with Gasteiger partial charge in [-0.1, -0.05) is 0 Å². The van der Waals surface area contributed by atoms with Gasteiger partial charge in [0.05, 0.1) is 6.26 Å². The van der Waals surface area contributed by atoms with E-state index < -0.39 is 5.97 Å². The predicted molar refractivity (Wildman–Crippen MR) is 53.8 cm³/mol. The zero-order valence-corrected chi connectivity index (χ0v) is 7.93. The molecule has 0 saturated carbocycles. The molecule has 1 heterocycles. The number of carbonyl (C=O) groups is 1. The van der Waals surface area contributed by atoms with E-state index in [1.165, 1.54) is 12.3 Å². The van der Waals surface area contributed by atoms with Crippen LogP contribution in [0, 0.1) is 0 Å². The minimum atomic E-state index is -0.873. The van der Waals surface area contributed by atoms with Crippen LogP contribution in [-0.4, -0.2) is 16.2 Å². The molecule has 0 saturated heterocycles. The summed E-state index contributed by atoms with van der Waals surface area (Å²) in [7, 11) is 0. The van der Waals surface area contributed by atoms with E-state index in [1.807, 2.05) is 0 Å². The summed E-state index contributed by atoms with van der Waals surface area (Å²) in [6.45, 7) is 0. The van der Waals surface area contributed by atoms with E-state index in [0.717, 1.165) is 5.39 Å². The summed E-state index contributed by atoms with van der Waals surface area (Å²) in [6.07, 6.45) is 1.87. The number of phenols is 1. The summed E-state index contributed by atoms with van der Waals surface area (Å²) >= 11 is 0. The average Bonchev–Trinajstić information content (AvgIpc) is 2.60. The molecule has 1 aromatic carbocycles. The largest absolute Gasteiger partial charge is 0.508 e. The number of hydrogen-bond donors (Lipinski definition) is 2. The zero-order chi connectivity index (χ0) is 10.8. The maximum Gasteiger partial charge on any atom is 0.303 e. The number of fused-ring (bicyclic) bond motifs is 1. The van der Waals surface area contributed by atoms with Crippen LogP contribution in [-0.2, 0) is 11.2 Å². The van der Waals surface area contributed by atoms with Crippen LogP contribution in [0.1, 0.15) is 12.0 Å². The molecule has 0 aliphatic rings. The van der Waals surface area contributed by atoms with Crippen molar-refractivity contribution in [3.8, 4) is 5.75 Å². The minimum absolute atomic E-state index is 0.0108. The smallest absolute Gasteiger partial charge is 0.303 e. The summed E-state index contributed by atoms with van der Waals surface area (Å²) in [5.74, 6) is -0.791. The number of benzene rings is 1. The molecule has 1 aromatic heterocycles. The van der Waals surface area contributed by atoms with Crippen LogP contribution >= 0.6 is 0 Å². The molecule has 15 heavy (non-hydrogen) atoms. The van der Waals surface area contributed by atoms with Crippen molar-refractivity contribution in [2.45, 2.75) is 12.8 Å². The number of carboxylic acid groups (broad SMARTS) is 1. The van der Waals surface area contributed by atoms with E-state index in [-0.39, 0.29) is 12.2 Å². The summed E-state index contributed by atoms with van der Waals surface area (Å²) < 4.78 is 5.10. The lowest BCUT2D eigenvalue weighted by atomic mass is 10.1. The molecule has 2 rings (SSSR count). The van der Waals surface area contributed by atoms with Crippen LogP contribution in [0.3, 0.4) is 0 Å². The van der Waals surface area contributed by atoms with Gasteiger partial charge in [-0.2, -0.15) is 0 Å². The van der Waals surface area contributed by atoms with Crippen molar-refractivity contribution in [1.82, 2.24) is 0 Å². The van der Waals surface area contributed by atoms with Gasteiger partial charge >= 0.3 is 5.97 Å². The number of hydrogen-bond acceptors (Lipinski definition) is 3. The van der Waals surface area contributed by atoms with Gasteiger partial charge in [-0.05, 0) is 24.1 Å². The summed E-state index contributed by atoms with van der Waals surface area (Å²) in [4.78, 5) is 10.4. The van der Waals surface area contributed by atoms with E-state index in [4.69, 9.17) is 9.52 Å². The van der Waals surface area contributed by atoms with Gasteiger partial charge in [0.2, 0.25) is 0 Å². The molecule has 2 N–H and O–H groups in total. The van der Waals surface area contributed by atoms with Crippen molar-refractivity contribution in [3.63, 3.8) is 0 Å². The second-order valence-electron chi connectivity index (χ2n) is 3.33. The van der Waals surface area contributed by atoms with Gasteiger partial charge in [-0.3, -0.25) is 4.79 Å². The van der Waals surface area contributed by atoms with Crippen LogP contribution < -0.4 is 0 Å². The third-order valence-corrected chi connectivity index (χ3v) is 2.26. The molecule has 0 atom stereocenters. The molecule has 0 spiro atoms. The summed E-state index contributed by atoms with van der Waals surface area (Å²) in [6, 6.07) is 5.03. The number of aromatic hydroxyl groups is 1. The number of furan rings is 1. The topological polar surface area (TPSA) is 70.7 Å². The Labute approximate surface area is 85.8 Å². The number of phenolic OH excluding ortho intramolecular Hbond substituents is 1. The van der Waals surface area contributed by atoms with Gasteiger partial charge < -0.3 is 14.6 Å². The fourth-order valence-electron chi connectivity index (χ4n) is 1.49. The molecule has 0 unspecified atom stereocenters. The van der Waals surface area contributed by atoms with Crippen LogP contribution in [0.15, 0.2) is 28.9 Å². The van der Waals surface area contributed by atoms with Crippen LogP contribution in [0.5, 0.6) is 5.75 Å². The lowest BCUT2D eigenvalue weighted by Gasteiger charge is -2.02. The SMILES string of the molecule is O=C(O)CCc1cc2ccoc2cc1O. The molecule has 0 radical (unpaired) electrons. The highest BCUT2D eigenvalue weighted by Crippen LogP contribution is 2.26. The van der Waals surface area contributed by atoms with Crippen molar-refractivity contribution in [2.75, 3.05) is 0 Å². The van der Waals surface area contributed by atoms with E-state index in [9.17, 15) is 9.90 Å². The van der Waals surface area contributed by atoms with Crippen molar-refractivity contribution in [2.24, 2.45) is 0 Å². The average molecular weight is 206 g/mol. The molecule has 0 amide bonds. The van der Waals surface area contributed by atoms with Gasteiger partial charge in [0.25, 0.3) is 0 Å². The first-order chi connectivity index (χ1) is 7.16. The number of aryl methyl sites for hydroxylation is 1. The highest BCUT2D eigenvalue weighted by atomic mass is 16.4. The highest BCUT2D eigenvalue weighted by molar-refractivity contribution is 5.80. The third-order valence-electron chi connectivity index (χ3n) is 2.26. The zero-order valence-electron chi connectivity index (χ0n) is 7.93. The first-order valence-corrected chi connectivity index (χ1v) is 4.57. The second-order valence-corrected chi connectivity index (χ2v) is 3.33. The van der Waals surface area contributed by atoms with Crippen molar-refractivity contribution in [3.05, 3.63) is 30.0 Å². The first-order valence-electron chi connectivity index (χ1n) is 4.57. The lowest BCUT2D eigenvalue weighted by Crippen LogP contribution is -1.97. The number of aliphatic carboxylic acids is 1. The van der Waals surface area contributed by atoms with Gasteiger partial charge in [0.1, 0.15) is 11.3 Å². The maximum absolute atomic E-state index is 10.4. The molecule has 78 valence electrons. The molecule has 0 fully saturated rings. The normalized spacial score (nSPS) is 10.7. The van der Waals surface area contributed by atoms with E-state index in [0.29, 0.717) is 17.6 Å². The standard InChI is InChI=1S/C11H10O4/c12-9-6-10-8(3-4-15-10)5-7(9)1-2-11(13)14/h3-6,12H,1-2H2,(H,13,14). The van der Waals surface area contributed by atoms with E-state index in [1.54, 1.807) is 12.1 Å². The Morgan fingerprint density at radius 3 is 2.93 bits per heavy atom. The van der Waals surface area contributed by atoms with Crippen molar-refractivity contribution in [1.29, 1.82) is 0 Å². The predicted octanol–water partition coefficient (Wildman–Crippen LogP) is 2.16. The molecule has 2 aromatic rings. The maximum atomic E-state index is 10.4. The molecule has 4 nitrogen and oxygen atoms in total. The Morgan fingerprint density at radius 1 is 1.40 bits per heavy atom. The second kappa shape index (κ2) is 3.65. The Morgan fingerprint density at radius 2 is 2.20 bits per heavy atom. The molecule has 4 heteroatoms. The summed E-state index contributed by atoms with van der Waals surface area (Å²) in [5, 5.41) is 19.0. The first kappa shape index (κ1) is 9.58. The van der Waals surface area contributed by atoms with E-state index >= 15 is 0 Å². The van der Waals surface area contributed by atoms with Gasteiger partial charge in [0, 0.05) is 17.9 Å². The highest BCUT2D eigenvalue weighted by Gasteiger charge is 2.07. The molecular formula is C11H10O4. The molecule has 0 aliphatic heterocycles. The van der Waals surface area contributed by atoms with Crippen molar-refractivity contribution >= 4 is 16.9 Å². The minimum Gasteiger partial charge on any atom is -0.508 e. The van der Waals surface area contributed by atoms with Crippen LogP contribution in [0.25, 0.3) is 11.0 Å². The van der Waals surface area contributed by atoms with Gasteiger partial charge in [0.15, 0.2) is 0 Å². The number of rotatable bonds is 3. The Bertz CT molecular complexity index is 498.